The Morgan fingerprint density at radius 1 is 1.03 bits per heavy atom. The quantitative estimate of drug-likeness (QED) is 0.345. The van der Waals surface area contributed by atoms with Gasteiger partial charge in [-0.15, -0.1) is 10.2 Å². The molecule has 178 valence electrons. The lowest BCUT2D eigenvalue weighted by Gasteiger charge is -2.19. The molecule has 0 spiro atoms. The molecule has 0 saturated heterocycles. The van der Waals surface area contributed by atoms with Crippen LogP contribution < -0.4 is 14.9 Å². The predicted molar refractivity (Wildman–Crippen MR) is 136 cm³/mol. The molecule has 0 aliphatic heterocycles. The minimum Gasteiger partial charge on any atom is -0.497 e. The van der Waals surface area contributed by atoms with Crippen molar-refractivity contribution in [3.8, 4) is 11.5 Å². The Bertz CT molecular complexity index is 1340. The monoisotopic (exact) mass is 478 g/mol. The summed E-state index contributed by atoms with van der Waals surface area (Å²) in [6.45, 7) is 9.69. The van der Waals surface area contributed by atoms with E-state index in [-0.39, 0.29) is 10.8 Å². The van der Waals surface area contributed by atoms with E-state index in [0.29, 0.717) is 23.5 Å². The molecule has 2 aromatic carbocycles. The zero-order chi connectivity index (χ0) is 24.3. The van der Waals surface area contributed by atoms with Gasteiger partial charge in [0.2, 0.25) is 0 Å². The van der Waals surface area contributed by atoms with E-state index in [1.165, 1.54) is 17.3 Å². The number of benzene rings is 2. The van der Waals surface area contributed by atoms with Crippen LogP contribution in [0, 0.1) is 0 Å². The summed E-state index contributed by atoms with van der Waals surface area (Å²) < 4.78 is 13.2. The van der Waals surface area contributed by atoms with Gasteiger partial charge < -0.3 is 19.0 Å². The third-order valence-electron chi connectivity index (χ3n) is 5.65. The molecular weight excluding hydrogens is 448 g/mol. The van der Waals surface area contributed by atoms with E-state index in [2.05, 4.69) is 55.0 Å². The predicted octanol–water partition coefficient (Wildman–Crippen LogP) is 5.32. The van der Waals surface area contributed by atoms with E-state index in [1.807, 2.05) is 28.8 Å². The lowest BCUT2D eigenvalue weighted by atomic mass is 9.87. The molecule has 34 heavy (non-hydrogen) atoms. The molecule has 4 rings (SSSR count). The highest BCUT2D eigenvalue weighted by Gasteiger charge is 2.15. The molecule has 0 aliphatic carbocycles. The number of aromatic nitrogens is 4. The van der Waals surface area contributed by atoms with Crippen molar-refractivity contribution < 1.29 is 9.47 Å². The van der Waals surface area contributed by atoms with Crippen molar-refractivity contribution in [3.05, 3.63) is 75.8 Å². The number of hydrogen-bond donors (Lipinski definition) is 1. The van der Waals surface area contributed by atoms with E-state index in [0.717, 1.165) is 34.5 Å². The van der Waals surface area contributed by atoms with Crippen molar-refractivity contribution in [1.82, 2.24) is 19.7 Å². The highest BCUT2D eigenvalue weighted by atomic mass is 32.2. The third-order valence-corrected chi connectivity index (χ3v) is 6.66. The van der Waals surface area contributed by atoms with Gasteiger partial charge in [0, 0.05) is 35.0 Å². The first-order valence-electron chi connectivity index (χ1n) is 11.3. The molecule has 0 bridgehead atoms. The van der Waals surface area contributed by atoms with Crippen LogP contribution in [0.2, 0.25) is 0 Å². The number of aromatic amines is 1. The lowest BCUT2D eigenvalue weighted by Crippen LogP contribution is -2.11. The van der Waals surface area contributed by atoms with E-state index in [4.69, 9.17) is 9.47 Å². The fourth-order valence-corrected chi connectivity index (χ4v) is 4.61. The van der Waals surface area contributed by atoms with Gasteiger partial charge in [-0.25, -0.2) is 0 Å². The number of fused-ring (bicyclic) bond motifs is 1. The summed E-state index contributed by atoms with van der Waals surface area (Å²) in [6, 6.07) is 15.3. The van der Waals surface area contributed by atoms with E-state index in [9.17, 15) is 4.79 Å². The molecule has 0 radical (unpaired) electrons. The number of rotatable bonds is 8. The molecule has 1 N–H and O–H groups in total. The Kier molecular flexibility index (Phi) is 6.97. The van der Waals surface area contributed by atoms with Crippen molar-refractivity contribution in [2.45, 2.75) is 57.2 Å². The van der Waals surface area contributed by atoms with Gasteiger partial charge in [-0.2, -0.15) is 0 Å². The van der Waals surface area contributed by atoms with Gasteiger partial charge in [-0.05, 0) is 48.2 Å². The maximum Gasteiger partial charge on any atom is 0.191 e. The number of nitrogens with zero attached hydrogens (tertiary/aromatic N) is 3. The molecule has 7 nitrogen and oxygen atoms in total. The summed E-state index contributed by atoms with van der Waals surface area (Å²) in [6.07, 6.45) is 0. The van der Waals surface area contributed by atoms with Crippen LogP contribution in [-0.4, -0.2) is 26.9 Å². The number of nitrogens with one attached hydrogen (secondary N) is 1. The van der Waals surface area contributed by atoms with E-state index >= 15 is 0 Å². The molecule has 0 unspecified atom stereocenters. The smallest absolute Gasteiger partial charge is 0.191 e. The summed E-state index contributed by atoms with van der Waals surface area (Å²) in [5, 5.41) is 10.1. The Labute approximate surface area is 203 Å². The molecule has 2 heterocycles. The Hall–Kier alpha value is -3.26. The number of H-pyrrole nitrogens is 1. The second-order valence-electron chi connectivity index (χ2n) is 9.07. The average Bonchev–Trinajstić information content (AvgIpc) is 3.22. The first-order chi connectivity index (χ1) is 16.3. The molecule has 0 aliphatic rings. The minimum absolute atomic E-state index is 0.0354. The SMILES string of the molecule is CCn1c(COc2ccc(C(C)(C)C)cc2)nnc1SCc1cc(=O)c2cc(OC)ccc2[nH]1. The van der Waals surface area contributed by atoms with Crippen molar-refractivity contribution >= 4 is 22.7 Å². The number of thioether (sulfide) groups is 1. The molecule has 2 aromatic heterocycles. The maximum absolute atomic E-state index is 12.6. The topological polar surface area (TPSA) is 82.0 Å². The summed E-state index contributed by atoms with van der Waals surface area (Å²) in [5.41, 5.74) is 2.95. The maximum atomic E-state index is 12.6. The first kappa shape index (κ1) is 23.9. The highest BCUT2D eigenvalue weighted by Crippen LogP contribution is 2.26. The molecule has 0 atom stereocenters. The van der Waals surface area contributed by atoms with Crippen molar-refractivity contribution in [3.63, 3.8) is 0 Å². The van der Waals surface area contributed by atoms with Gasteiger partial charge >= 0.3 is 0 Å². The van der Waals surface area contributed by atoms with Crippen LogP contribution in [0.3, 0.4) is 0 Å². The van der Waals surface area contributed by atoms with Crippen LogP contribution in [0.1, 0.15) is 44.8 Å². The largest absolute Gasteiger partial charge is 0.497 e. The average molecular weight is 479 g/mol. The molecule has 0 amide bonds. The summed E-state index contributed by atoms with van der Waals surface area (Å²) >= 11 is 1.54. The van der Waals surface area contributed by atoms with Gasteiger partial charge in [-0.1, -0.05) is 44.7 Å². The summed E-state index contributed by atoms with van der Waals surface area (Å²) in [5.74, 6) is 2.81. The fourth-order valence-electron chi connectivity index (χ4n) is 3.68. The van der Waals surface area contributed by atoms with Gasteiger partial charge in [0.05, 0.1) is 7.11 Å². The van der Waals surface area contributed by atoms with Crippen molar-refractivity contribution in [2.24, 2.45) is 0 Å². The third kappa shape index (κ3) is 5.28. The normalized spacial score (nSPS) is 11.7. The fraction of sp³-hybridized carbons (Fsp3) is 0.346. The Morgan fingerprint density at radius 2 is 1.76 bits per heavy atom. The van der Waals surface area contributed by atoms with Crippen LogP contribution in [0.15, 0.2) is 58.5 Å². The Morgan fingerprint density at radius 3 is 2.44 bits per heavy atom. The molecule has 0 fully saturated rings. The van der Waals surface area contributed by atoms with Crippen LogP contribution in [-0.2, 0) is 24.3 Å². The standard InChI is InChI=1S/C26H30N4O3S/c1-6-30-24(15-33-19-9-7-17(8-10-19)26(2,3)4)28-29-25(30)34-16-18-13-23(31)21-14-20(32-5)11-12-22(21)27-18/h7-14H,6,15-16H2,1-5H3,(H,27,31). The Balaban J connectivity index is 1.44. The molecule has 4 aromatic rings. The molecule has 0 saturated carbocycles. The van der Waals surface area contributed by atoms with Gasteiger partial charge in [0.15, 0.2) is 16.4 Å². The molecule has 8 heteroatoms. The number of hydrogen-bond acceptors (Lipinski definition) is 6. The van der Waals surface area contributed by atoms with E-state index in [1.54, 1.807) is 19.2 Å². The van der Waals surface area contributed by atoms with Gasteiger partial charge in [0.1, 0.15) is 18.1 Å². The van der Waals surface area contributed by atoms with Crippen molar-refractivity contribution in [2.75, 3.05) is 7.11 Å². The van der Waals surface area contributed by atoms with Crippen LogP contribution in [0.5, 0.6) is 11.5 Å². The van der Waals surface area contributed by atoms with Gasteiger partial charge in [0.25, 0.3) is 0 Å². The minimum atomic E-state index is -0.0354. The highest BCUT2D eigenvalue weighted by molar-refractivity contribution is 7.98. The number of ether oxygens (including phenoxy) is 2. The zero-order valence-electron chi connectivity index (χ0n) is 20.2. The lowest BCUT2D eigenvalue weighted by molar-refractivity contribution is 0.288. The summed E-state index contributed by atoms with van der Waals surface area (Å²) in [7, 11) is 1.59. The second-order valence-corrected chi connectivity index (χ2v) is 10.0. The molecular formula is C26H30N4O3S. The summed E-state index contributed by atoms with van der Waals surface area (Å²) in [4.78, 5) is 15.9. The first-order valence-corrected chi connectivity index (χ1v) is 12.2. The van der Waals surface area contributed by atoms with E-state index < -0.39 is 0 Å². The van der Waals surface area contributed by atoms with Crippen molar-refractivity contribution in [1.29, 1.82) is 0 Å². The van der Waals surface area contributed by atoms with Gasteiger partial charge in [-0.3, -0.25) is 4.79 Å². The van der Waals surface area contributed by atoms with Crippen LogP contribution >= 0.6 is 11.8 Å². The zero-order valence-corrected chi connectivity index (χ0v) is 21.0. The second kappa shape index (κ2) is 9.93. The van der Waals surface area contributed by atoms with Crippen LogP contribution in [0.4, 0.5) is 0 Å². The van der Waals surface area contributed by atoms with Crippen LogP contribution in [0.25, 0.3) is 10.9 Å². The number of pyridine rings is 1. The number of methoxy groups -OCH3 is 1.